The first-order valence-electron chi connectivity index (χ1n) is 4.07. The molecule has 0 aliphatic carbocycles. The van der Waals surface area contributed by atoms with E-state index in [1.165, 1.54) is 12.0 Å². The number of likely N-dealkylation sites (N-methyl/N-ethyl adjacent to an activating group) is 1. The number of carbonyl (C=O) groups excluding carboxylic acids is 1. The highest BCUT2D eigenvalue weighted by Crippen LogP contribution is 1.99. The molecule has 1 N–H and O–H groups in total. The summed E-state index contributed by atoms with van der Waals surface area (Å²) in [5.74, 6) is -2.31. The van der Waals surface area contributed by atoms with E-state index in [-0.39, 0.29) is 6.04 Å². The lowest BCUT2D eigenvalue weighted by Crippen LogP contribution is -2.44. The number of hydrogen-bond acceptors (Lipinski definition) is 3. The monoisotopic (exact) mass is 189 g/mol. The van der Waals surface area contributed by atoms with Crippen molar-refractivity contribution in [3.8, 4) is 0 Å². The predicted octanol–water partition coefficient (Wildman–Crippen LogP) is -0.0456. The highest BCUT2D eigenvalue weighted by molar-refractivity contribution is 6.31. The summed E-state index contributed by atoms with van der Waals surface area (Å²) in [4.78, 5) is 22.7. The quantitative estimate of drug-likeness (QED) is 0.630. The Morgan fingerprint density at radius 2 is 2.08 bits per heavy atom. The lowest BCUT2D eigenvalue weighted by Gasteiger charge is -2.25. The molecule has 1 atom stereocenters. The number of amides is 1. The molecule has 1 amide bonds. The van der Waals surface area contributed by atoms with Crippen LogP contribution in [0.2, 0.25) is 0 Å². The van der Waals surface area contributed by atoms with Crippen molar-refractivity contribution >= 4 is 11.9 Å². The number of methoxy groups -OCH3 is 1. The third-order valence-electron chi connectivity index (χ3n) is 1.72. The fraction of sp³-hybridized carbons (Fsp3) is 0.750. The Morgan fingerprint density at radius 3 is 2.38 bits per heavy atom. The van der Waals surface area contributed by atoms with Crippen LogP contribution in [-0.4, -0.2) is 48.2 Å². The van der Waals surface area contributed by atoms with Gasteiger partial charge in [-0.2, -0.15) is 0 Å². The normalized spacial score (nSPS) is 12.2. The first-order chi connectivity index (χ1) is 6.04. The molecule has 0 bridgehead atoms. The molecule has 5 heteroatoms. The first kappa shape index (κ1) is 11.9. The number of ether oxygens (including phenoxy) is 1. The number of nitrogens with zero attached hydrogens (tertiary/aromatic N) is 1. The van der Waals surface area contributed by atoms with Crippen molar-refractivity contribution in [2.45, 2.75) is 19.9 Å². The summed E-state index contributed by atoms with van der Waals surface area (Å²) in [6.07, 6.45) is 0. The maximum absolute atomic E-state index is 11.1. The highest BCUT2D eigenvalue weighted by atomic mass is 16.5. The van der Waals surface area contributed by atoms with E-state index in [1.54, 1.807) is 13.8 Å². The summed E-state index contributed by atoms with van der Waals surface area (Å²) in [6, 6.07) is -0.210. The maximum atomic E-state index is 11.1. The summed E-state index contributed by atoms with van der Waals surface area (Å²) < 4.78 is 4.83. The zero-order valence-electron chi connectivity index (χ0n) is 8.11. The lowest BCUT2D eigenvalue weighted by atomic mass is 10.3. The predicted molar refractivity (Wildman–Crippen MR) is 46.4 cm³/mol. The van der Waals surface area contributed by atoms with Crippen molar-refractivity contribution in [1.82, 2.24) is 4.90 Å². The summed E-state index contributed by atoms with van der Waals surface area (Å²) in [5, 5.41) is 8.47. The van der Waals surface area contributed by atoms with Gasteiger partial charge in [0.1, 0.15) is 0 Å². The second-order valence-electron chi connectivity index (χ2n) is 2.70. The van der Waals surface area contributed by atoms with Crippen molar-refractivity contribution in [2.75, 3.05) is 20.3 Å². The Labute approximate surface area is 77.3 Å². The zero-order valence-corrected chi connectivity index (χ0v) is 8.11. The second-order valence-corrected chi connectivity index (χ2v) is 2.70. The van der Waals surface area contributed by atoms with Crippen molar-refractivity contribution < 1.29 is 19.4 Å². The standard InChI is InChI=1S/C8H15NO4/c1-4-9(6(2)5-13-3)7(10)8(11)12/h6H,4-5H2,1-3H3,(H,11,12). The van der Waals surface area contributed by atoms with E-state index in [9.17, 15) is 9.59 Å². The van der Waals surface area contributed by atoms with Crippen LogP contribution in [0.5, 0.6) is 0 Å². The molecule has 5 nitrogen and oxygen atoms in total. The Kier molecular flexibility index (Phi) is 5.06. The molecule has 0 spiro atoms. The molecular formula is C8H15NO4. The molecule has 0 fully saturated rings. The summed E-state index contributed by atoms with van der Waals surface area (Å²) in [5.41, 5.74) is 0. The van der Waals surface area contributed by atoms with E-state index in [0.29, 0.717) is 13.2 Å². The summed E-state index contributed by atoms with van der Waals surface area (Å²) in [7, 11) is 1.51. The van der Waals surface area contributed by atoms with Gasteiger partial charge >= 0.3 is 11.9 Å². The molecule has 0 aliphatic rings. The van der Waals surface area contributed by atoms with Gasteiger partial charge in [-0.25, -0.2) is 4.79 Å². The topological polar surface area (TPSA) is 66.8 Å². The van der Waals surface area contributed by atoms with E-state index < -0.39 is 11.9 Å². The van der Waals surface area contributed by atoms with Crippen LogP contribution in [0.3, 0.4) is 0 Å². The Morgan fingerprint density at radius 1 is 1.54 bits per heavy atom. The number of carboxylic acid groups (broad SMARTS) is 1. The van der Waals surface area contributed by atoms with Crippen LogP contribution in [0.25, 0.3) is 0 Å². The molecule has 0 saturated heterocycles. The summed E-state index contributed by atoms with van der Waals surface area (Å²) in [6.45, 7) is 4.18. The molecule has 0 radical (unpaired) electrons. The van der Waals surface area contributed by atoms with Crippen LogP contribution in [0.1, 0.15) is 13.8 Å². The van der Waals surface area contributed by atoms with Gasteiger partial charge in [-0.05, 0) is 13.8 Å². The molecule has 0 aromatic carbocycles. The Bertz CT molecular complexity index is 193. The Hall–Kier alpha value is -1.10. The number of hydrogen-bond donors (Lipinski definition) is 1. The van der Waals surface area contributed by atoms with Gasteiger partial charge in [0.25, 0.3) is 0 Å². The molecule has 0 saturated carbocycles. The van der Waals surface area contributed by atoms with Crippen LogP contribution in [0, 0.1) is 0 Å². The summed E-state index contributed by atoms with van der Waals surface area (Å²) >= 11 is 0. The molecular weight excluding hydrogens is 174 g/mol. The molecule has 0 heterocycles. The van der Waals surface area contributed by atoms with Crippen LogP contribution in [0.4, 0.5) is 0 Å². The van der Waals surface area contributed by atoms with Gasteiger partial charge in [0.2, 0.25) is 0 Å². The van der Waals surface area contributed by atoms with Crippen LogP contribution in [0.15, 0.2) is 0 Å². The minimum Gasteiger partial charge on any atom is -0.474 e. The second kappa shape index (κ2) is 5.53. The van der Waals surface area contributed by atoms with Crippen molar-refractivity contribution in [1.29, 1.82) is 0 Å². The van der Waals surface area contributed by atoms with E-state index in [2.05, 4.69) is 0 Å². The zero-order chi connectivity index (χ0) is 10.4. The van der Waals surface area contributed by atoms with E-state index in [1.807, 2.05) is 0 Å². The van der Waals surface area contributed by atoms with E-state index in [4.69, 9.17) is 9.84 Å². The fourth-order valence-electron chi connectivity index (χ4n) is 1.11. The maximum Gasteiger partial charge on any atom is 0.394 e. The SMILES string of the molecule is CCN(C(=O)C(=O)O)C(C)COC. The number of aliphatic carboxylic acids is 1. The van der Waals surface area contributed by atoms with Crippen LogP contribution in [-0.2, 0) is 14.3 Å². The van der Waals surface area contributed by atoms with Crippen molar-refractivity contribution in [3.63, 3.8) is 0 Å². The molecule has 0 aromatic heterocycles. The molecule has 76 valence electrons. The average molecular weight is 189 g/mol. The van der Waals surface area contributed by atoms with Crippen LogP contribution < -0.4 is 0 Å². The minimum atomic E-state index is -1.43. The number of rotatable bonds is 4. The van der Waals surface area contributed by atoms with Gasteiger partial charge in [0.05, 0.1) is 12.6 Å². The number of carbonyl (C=O) groups is 2. The van der Waals surface area contributed by atoms with Gasteiger partial charge in [0, 0.05) is 13.7 Å². The van der Waals surface area contributed by atoms with Gasteiger partial charge in [0.15, 0.2) is 0 Å². The van der Waals surface area contributed by atoms with E-state index >= 15 is 0 Å². The van der Waals surface area contributed by atoms with Crippen LogP contribution >= 0.6 is 0 Å². The third kappa shape index (κ3) is 3.42. The largest absolute Gasteiger partial charge is 0.474 e. The molecule has 0 aliphatic heterocycles. The van der Waals surface area contributed by atoms with Crippen molar-refractivity contribution in [2.24, 2.45) is 0 Å². The molecule has 13 heavy (non-hydrogen) atoms. The molecule has 0 rings (SSSR count). The average Bonchev–Trinajstić information content (AvgIpc) is 2.05. The molecule has 0 aromatic rings. The smallest absolute Gasteiger partial charge is 0.394 e. The van der Waals surface area contributed by atoms with Gasteiger partial charge in [-0.1, -0.05) is 0 Å². The van der Waals surface area contributed by atoms with E-state index in [0.717, 1.165) is 0 Å². The minimum absolute atomic E-state index is 0.210. The van der Waals surface area contributed by atoms with Gasteiger partial charge in [-0.15, -0.1) is 0 Å². The first-order valence-corrected chi connectivity index (χ1v) is 4.07. The Balaban J connectivity index is 4.31. The fourth-order valence-corrected chi connectivity index (χ4v) is 1.11. The van der Waals surface area contributed by atoms with Gasteiger partial charge < -0.3 is 14.7 Å². The van der Waals surface area contributed by atoms with Gasteiger partial charge in [-0.3, -0.25) is 4.79 Å². The number of carboxylic acids is 1. The highest BCUT2D eigenvalue weighted by Gasteiger charge is 2.23. The third-order valence-corrected chi connectivity index (χ3v) is 1.72. The van der Waals surface area contributed by atoms with Crippen molar-refractivity contribution in [3.05, 3.63) is 0 Å². The lowest BCUT2D eigenvalue weighted by molar-refractivity contribution is -0.157. The molecule has 1 unspecified atom stereocenters.